The molecule has 1 rings (SSSR count). The smallest absolute Gasteiger partial charge is 0.287 e. The van der Waals surface area contributed by atoms with Gasteiger partial charge in [0.25, 0.3) is 0 Å². The predicted octanol–water partition coefficient (Wildman–Crippen LogP) is 0.104. The van der Waals surface area contributed by atoms with Gasteiger partial charge in [-0.3, -0.25) is 10.2 Å². The molecule has 0 radical (unpaired) electrons. The zero-order valence-corrected chi connectivity index (χ0v) is 6.64. The second-order valence-electron chi connectivity index (χ2n) is 2.10. The molecular weight excluding hydrogens is 172 g/mol. The predicted molar refractivity (Wildman–Crippen MR) is 45.3 cm³/mol. The number of hydrogen-bond donors (Lipinski definition) is 3. The lowest BCUT2D eigenvalue weighted by Crippen LogP contribution is -2.29. The van der Waals surface area contributed by atoms with Crippen LogP contribution in [0.4, 0.5) is 4.79 Å². The van der Waals surface area contributed by atoms with E-state index in [2.05, 4.69) is 10.1 Å². The zero-order chi connectivity index (χ0) is 9.52. The van der Waals surface area contributed by atoms with E-state index in [9.17, 15) is 4.79 Å². The van der Waals surface area contributed by atoms with Crippen LogP contribution in [0.1, 0.15) is 5.56 Å². The van der Waals surface area contributed by atoms with Gasteiger partial charge in [0.1, 0.15) is 0 Å². The molecule has 0 aliphatic rings. The first-order valence-corrected chi connectivity index (χ1v) is 3.46. The molecule has 0 aliphatic heterocycles. The van der Waals surface area contributed by atoms with Crippen molar-refractivity contribution >= 4 is 12.2 Å². The first kappa shape index (κ1) is 9.14. The summed E-state index contributed by atoms with van der Waals surface area (Å²) in [5, 5.41) is 11.6. The average molecular weight is 180 g/mol. The Bertz CT molecular complexity index is 299. The third-order valence-electron chi connectivity index (χ3n) is 1.17. The van der Waals surface area contributed by atoms with Gasteiger partial charge in [0.15, 0.2) is 0 Å². The molecule has 2 amide bonds. The molecule has 6 heteroatoms. The van der Waals surface area contributed by atoms with E-state index in [-0.39, 0.29) is 0 Å². The average Bonchev–Trinajstić information content (AvgIpc) is 2.19. The van der Waals surface area contributed by atoms with Gasteiger partial charge in [0.05, 0.1) is 6.21 Å². The number of aromatic nitrogens is 1. The molecule has 0 bridgehead atoms. The van der Waals surface area contributed by atoms with Crippen molar-refractivity contribution in [1.29, 1.82) is 0 Å². The molecule has 0 unspecified atom stereocenters. The van der Waals surface area contributed by atoms with E-state index in [0.29, 0.717) is 0 Å². The van der Waals surface area contributed by atoms with E-state index in [1.807, 2.05) is 5.43 Å². The third kappa shape index (κ3) is 3.30. The van der Waals surface area contributed by atoms with Crippen LogP contribution in [0.15, 0.2) is 29.6 Å². The fraction of sp³-hybridized carbons (Fsp3) is 0. The largest absolute Gasteiger partial charge is 0.358 e. The molecule has 13 heavy (non-hydrogen) atoms. The number of nitrogens with one attached hydrogen (secondary N) is 2. The van der Waals surface area contributed by atoms with Crippen LogP contribution in [0.3, 0.4) is 0 Å². The number of hydrazone groups is 1. The molecular formula is C7H8N4O2. The van der Waals surface area contributed by atoms with Crippen molar-refractivity contribution in [2.45, 2.75) is 0 Å². The third-order valence-corrected chi connectivity index (χ3v) is 1.17. The van der Waals surface area contributed by atoms with Crippen LogP contribution in [-0.2, 0) is 0 Å². The lowest BCUT2D eigenvalue weighted by molar-refractivity contribution is 0.162. The van der Waals surface area contributed by atoms with Crippen LogP contribution < -0.4 is 10.9 Å². The van der Waals surface area contributed by atoms with Crippen LogP contribution in [0.25, 0.3) is 0 Å². The van der Waals surface area contributed by atoms with Gasteiger partial charge in [0, 0.05) is 18.0 Å². The van der Waals surface area contributed by atoms with Crippen LogP contribution >= 0.6 is 0 Å². The second-order valence-corrected chi connectivity index (χ2v) is 2.10. The summed E-state index contributed by atoms with van der Waals surface area (Å²) in [4.78, 5) is 14.2. The molecule has 3 N–H and O–H groups in total. The number of hydrogen-bond acceptors (Lipinski definition) is 4. The van der Waals surface area contributed by atoms with Gasteiger partial charge < -0.3 is 0 Å². The number of pyridine rings is 1. The number of amides is 2. The standard InChI is InChI=1S/C7H8N4O2/c12-7(11-13)10-9-5-6-2-1-3-8-4-6/h1-5,13H,(H2,10,11,12)/b9-5+. The summed E-state index contributed by atoms with van der Waals surface area (Å²) in [6.45, 7) is 0. The second kappa shape index (κ2) is 4.83. The Hall–Kier alpha value is -1.95. The Morgan fingerprint density at radius 3 is 3.15 bits per heavy atom. The number of hydroxylamine groups is 1. The maximum absolute atomic E-state index is 10.4. The van der Waals surface area contributed by atoms with Gasteiger partial charge in [0.2, 0.25) is 0 Å². The minimum atomic E-state index is -0.792. The lowest BCUT2D eigenvalue weighted by atomic mass is 10.3. The highest BCUT2D eigenvalue weighted by Crippen LogP contribution is 1.89. The maximum atomic E-state index is 10.4. The molecule has 1 aromatic rings. The molecule has 0 fully saturated rings. The monoisotopic (exact) mass is 180 g/mol. The lowest BCUT2D eigenvalue weighted by Gasteiger charge is -1.94. The number of carbonyl (C=O) groups excluding carboxylic acids is 1. The summed E-state index contributed by atoms with van der Waals surface area (Å²) in [5.41, 5.74) is 4.14. The Balaban J connectivity index is 2.45. The summed E-state index contributed by atoms with van der Waals surface area (Å²) in [6.07, 6.45) is 4.62. The molecule has 68 valence electrons. The van der Waals surface area contributed by atoms with Gasteiger partial charge in [-0.15, -0.1) is 0 Å². The summed E-state index contributed by atoms with van der Waals surface area (Å²) >= 11 is 0. The van der Waals surface area contributed by atoms with Crippen molar-refractivity contribution in [1.82, 2.24) is 15.9 Å². The fourth-order valence-electron chi connectivity index (χ4n) is 0.643. The molecule has 0 spiro atoms. The Morgan fingerprint density at radius 2 is 2.54 bits per heavy atom. The van der Waals surface area contributed by atoms with Crippen molar-refractivity contribution in [3.05, 3.63) is 30.1 Å². The van der Waals surface area contributed by atoms with E-state index in [4.69, 9.17) is 5.21 Å². The summed E-state index contributed by atoms with van der Waals surface area (Å²) < 4.78 is 0. The van der Waals surface area contributed by atoms with Gasteiger partial charge in [-0.25, -0.2) is 15.7 Å². The highest BCUT2D eigenvalue weighted by molar-refractivity contribution is 5.81. The van der Waals surface area contributed by atoms with E-state index in [1.165, 1.54) is 11.7 Å². The molecule has 1 aromatic heterocycles. The van der Waals surface area contributed by atoms with E-state index in [0.717, 1.165) is 5.56 Å². The SMILES string of the molecule is O=C(NO)N/N=C/c1cccnc1. The first-order chi connectivity index (χ1) is 6.33. The van der Waals surface area contributed by atoms with Gasteiger partial charge in [-0.05, 0) is 6.07 Å². The molecule has 6 nitrogen and oxygen atoms in total. The van der Waals surface area contributed by atoms with Gasteiger partial charge in [-0.1, -0.05) is 6.07 Å². The van der Waals surface area contributed by atoms with Gasteiger partial charge in [-0.2, -0.15) is 5.10 Å². The van der Waals surface area contributed by atoms with E-state index in [1.54, 1.807) is 24.5 Å². The quantitative estimate of drug-likeness (QED) is 0.343. The Kier molecular flexibility index (Phi) is 3.40. The van der Waals surface area contributed by atoms with Crippen molar-refractivity contribution in [2.75, 3.05) is 0 Å². The van der Waals surface area contributed by atoms with Crippen LogP contribution in [0, 0.1) is 0 Å². The molecule has 0 atom stereocenters. The first-order valence-electron chi connectivity index (χ1n) is 3.46. The van der Waals surface area contributed by atoms with Crippen LogP contribution in [0.2, 0.25) is 0 Å². The highest BCUT2D eigenvalue weighted by Gasteiger charge is 1.90. The fourth-order valence-corrected chi connectivity index (χ4v) is 0.643. The minimum absolute atomic E-state index is 0.751. The summed E-state index contributed by atoms with van der Waals surface area (Å²) in [5.74, 6) is 0. The van der Waals surface area contributed by atoms with Crippen molar-refractivity contribution < 1.29 is 10.0 Å². The molecule has 1 heterocycles. The van der Waals surface area contributed by atoms with E-state index >= 15 is 0 Å². The van der Waals surface area contributed by atoms with Crippen LogP contribution in [0.5, 0.6) is 0 Å². The molecule has 0 aromatic carbocycles. The number of nitrogens with zero attached hydrogens (tertiary/aromatic N) is 2. The Labute approximate surface area is 74.3 Å². The topological polar surface area (TPSA) is 86.6 Å². The zero-order valence-electron chi connectivity index (χ0n) is 6.64. The number of carbonyl (C=O) groups is 1. The summed E-state index contributed by atoms with van der Waals surface area (Å²) in [7, 11) is 0. The Morgan fingerprint density at radius 1 is 1.69 bits per heavy atom. The molecule has 0 saturated heterocycles. The van der Waals surface area contributed by atoms with Crippen LogP contribution in [-0.4, -0.2) is 22.4 Å². The molecule has 0 saturated carbocycles. The number of rotatable bonds is 2. The molecule has 0 aliphatic carbocycles. The van der Waals surface area contributed by atoms with Crippen molar-refractivity contribution in [3.63, 3.8) is 0 Å². The minimum Gasteiger partial charge on any atom is -0.287 e. The highest BCUT2D eigenvalue weighted by atomic mass is 16.5. The van der Waals surface area contributed by atoms with Crippen molar-refractivity contribution in [3.8, 4) is 0 Å². The normalized spacial score (nSPS) is 9.92. The van der Waals surface area contributed by atoms with Crippen molar-refractivity contribution in [2.24, 2.45) is 5.10 Å². The number of urea groups is 1. The maximum Gasteiger partial charge on any atom is 0.358 e. The van der Waals surface area contributed by atoms with Gasteiger partial charge >= 0.3 is 6.03 Å². The summed E-state index contributed by atoms with van der Waals surface area (Å²) in [6, 6.07) is 2.72. The van der Waals surface area contributed by atoms with E-state index < -0.39 is 6.03 Å².